The highest BCUT2D eigenvalue weighted by Crippen LogP contribution is 2.32. The number of methoxy groups -OCH3 is 1. The third kappa shape index (κ3) is 4.39. The van der Waals surface area contributed by atoms with Crippen molar-refractivity contribution >= 4 is 51.6 Å². The van der Waals surface area contributed by atoms with Gasteiger partial charge in [-0.25, -0.2) is 13.8 Å². The van der Waals surface area contributed by atoms with Gasteiger partial charge in [-0.2, -0.15) is 0 Å². The van der Waals surface area contributed by atoms with Gasteiger partial charge >= 0.3 is 0 Å². The van der Waals surface area contributed by atoms with Gasteiger partial charge < -0.3 is 14.5 Å². The van der Waals surface area contributed by atoms with Crippen molar-refractivity contribution in [3.63, 3.8) is 0 Å². The molecule has 0 unspecified atom stereocenters. The number of anilines is 1. The zero-order valence-corrected chi connectivity index (χ0v) is 18.0. The van der Waals surface area contributed by atoms with E-state index in [0.29, 0.717) is 28.1 Å². The molecule has 1 heterocycles. The van der Waals surface area contributed by atoms with Gasteiger partial charge in [0.2, 0.25) is 5.89 Å². The number of hydrogen-bond acceptors (Lipinski definition) is 5. The predicted molar refractivity (Wildman–Crippen MR) is 121 cm³/mol. The number of aromatic nitrogens is 1. The van der Waals surface area contributed by atoms with Crippen LogP contribution in [0.4, 0.5) is 14.5 Å². The van der Waals surface area contributed by atoms with Gasteiger partial charge in [-0.3, -0.25) is 10.1 Å². The Labute approximate surface area is 191 Å². The molecule has 0 aliphatic heterocycles. The lowest BCUT2D eigenvalue weighted by atomic mass is 10.2. The molecule has 4 rings (SSSR count). The lowest BCUT2D eigenvalue weighted by Gasteiger charge is -2.11. The smallest absolute Gasteiger partial charge is 0.261 e. The molecule has 0 aliphatic carbocycles. The first kappa shape index (κ1) is 21.7. The second-order valence-corrected chi connectivity index (χ2v) is 7.37. The summed E-state index contributed by atoms with van der Waals surface area (Å²) in [5, 5.41) is 5.50. The van der Waals surface area contributed by atoms with Crippen LogP contribution < -0.4 is 15.4 Å². The molecule has 0 atom stereocenters. The highest BCUT2D eigenvalue weighted by molar-refractivity contribution is 7.80. The molecule has 0 saturated carbocycles. The Morgan fingerprint density at radius 1 is 1.12 bits per heavy atom. The SMILES string of the molecule is COc1ccccc1C(=O)NC(=S)Nc1ccc2oc(-c3cc(F)c(F)cc3Cl)nc2c1. The molecule has 162 valence electrons. The number of halogens is 3. The number of carbonyl (C=O) groups excluding carboxylic acids is 1. The van der Waals surface area contributed by atoms with E-state index in [-0.39, 0.29) is 21.6 Å². The molecule has 0 saturated heterocycles. The third-order valence-electron chi connectivity index (χ3n) is 4.46. The Balaban J connectivity index is 1.53. The summed E-state index contributed by atoms with van der Waals surface area (Å²) in [6.45, 7) is 0. The van der Waals surface area contributed by atoms with E-state index in [4.69, 9.17) is 33.0 Å². The maximum atomic E-state index is 13.6. The van der Waals surface area contributed by atoms with Gasteiger partial charge in [-0.1, -0.05) is 23.7 Å². The lowest BCUT2D eigenvalue weighted by Crippen LogP contribution is -2.34. The first-order valence-electron chi connectivity index (χ1n) is 9.16. The fourth-order valence-corrected chi connectivity index (χ4v) is 3.41. The molecule has 1 aromatic heterocycles. The van der Waals surface area contributed by atoms with Crippen LogP contribution in [0.1, 0.15) is 10.4 Å². The highest BCUT2D eigenvalue weighted by Gasteiger charge is 2.17. The molecule has 0 spiro atoms. The molecule has 6 nitrogen and oxygen atoms in total. The van der Waals surface area contributed by atoms with E-state index >= 15 is 0 Å². The second kappa shape index (κ2) is 8.89. The van der Waals surface area contributed by atoms with Crippen molar-refractivity contribution in [1.29, 1.82) is 0 Å². The summed E-state index contributed by atoms with van der Waals surface area (Å²) in [5.41, 5.74) is 1.80. The molecule has 32 heavy (non-hydrogen) atoms. The zero-order chi connectivity index (χ0) is 22.8. The van der Waals surface area contributed by atoms with Crippen molar-refractivity contribution in [3.05, 3.63) is 76.8 Å². The molecule has 0 bridgehead atoms. The van der Waals surface area contributed by atoms with Crippen LogP contribution in [0.15, 0.2) is 59.0 Å². The van der Waals surface area contributed by atoms with E-state index < -0.39 is 17.5 Å². The molecule has 0 aliphatic rings. The molecule has 0 radical (unpaired) electrons. The number of nitrogens with zero attached hydrogens (tertiary/aromatic N) is 1. The Hall–Kier alpha value is -3.56. The summed E-state index contributed by atoms with van der Waals surface area (Å²) in [6.07, 6.45) is 0. The number of ether oxygens (including phenoxy) is 1. The number of hydrogen-bond donors (Lipinski definition) is 2. The first-order chi connectivity index (χ1) is 15.4. The monoisotopic (exact) mass is 473 g/mol. The summed E-state index contributed by atoms with van der Waals surface area (Å²) >= 11 is 11.2. The summed E-state index contributed by atoms with van der Waals surface area (Å²) in [4.78, 5) is 16.8. The number of amides is 1. The summed E-state index contributed by atoms with van der Waals surface area (Å²) in [6, 6.07) is 13.4. The van der Waals surface area contributed by atoms with Gasteiger partial charge in [0.15, 0.2) is 22.3 Å². The van der Waals surface area contributed by atoms with Gasteiger partial charge in [0.25, 0.3) is 5.91 Å². The van der Waals surface area contributed by atoms with E-state index in [0.717, 1.165) is 12.1 Å². The van der Waals surface area contributed by atoms with Gasteiger partial charge in [0.05, 0.1) is 23.3 Å². The Bertz CT molecular complexity index is 1360. The zero-order valence-electron chi connectivity index (χ0n) is 16.4. The van der Waals surface area contributed by atoms with Crippen LogP contribution >= 0.6 is 23.8 Å². The normalized spacial score (nSPS) is 10.8. The maximum Gasteiger partial charge on any atom is 0.261 e. The van der Waals surface area contributed by atoms with Crippen molar-refractivity contribution in [1.82, 2.24) is 10.3 Å². The fourth-order valence-electron chi connectivity index (χ4n) is 2.97. The minimum absolute atomic E-state index is 0.0333. The predicted octanol–water partition coefficient (Wildman–Crippen LogP) is 5.56. The number of oxazole rings is 1. The van der Waals surface area contributed by atoms with E-state index in [9.17, 15) is 13.6 Å². The van der Waals surface area contributed by atoms with E-state index in [1.165, 1.54) is 7.11 Å². The molecule has 3 aromatic carbocycles. The lowest BCUT2D eigenvalue weighted by molar-refractivity contribution is 0.0975. The molecule has 1 amide bonds. The van der Waals surface area contributed by atoms with E-state index in [1.54, 1.807) is 42.5 Å². The Morgan fingerprint density at radius 3 is 2.66 bits per heavy atom. The molecular weight excluding hydrogens is 460 g/mol. The van der Waals surface area contributed by atoms with Crippen LogP contribution in [-0.2, 0) is 0 Å². The number of fused-ring (bicyclic) bond motifs is 1. The highest BCUT2D eigenvalue weighted by atomic mass is 35.5. The van der Waals surface area contributed by atoms with Gasteiger partial charge in [-0.15, -0.1) is 0 Å². The van der Waals surface area contributed by atoms with Crippen LogP contribution in [0.25, 0.3) is 22.6 Å². The molecule has 10 heteroatoms. The number of rotatable bonds is 4. The van der Waals surface area contributed by atoms with Gasteiger partial charge in [0, 0.05) is 5.69 Å². The van der Waals surface area contributed by atoms with Crippen molar-refractivity contribution in [2.45, 2.75) is 0 Å². The van der Waals surface area contributed by atoms with Crippen LogP contribution in [0, 0.1) is 11.6 Å². The van der Waals surface area contributed by atoms with Crippen molar-refractivity contribution in [3.8, 4) is 17.2 Å². The van der Waals surface area contributed by atoms with Crippen LogP contribution in [0.2, 0.25) is 5.02 Å². The molecular formula is C22H14ClF2N3O3S. The number of carbonyl (C=O) groups is 1. The van der Waals surface area contributed by atoms with Crippen molar-refractivity contribution in [2.24, 2.45) is 0 Å². The molecule has 0 fully saturated rings. The third-order valence-corrected chi connectivity index (χ3v) is 4.98. The van der Waals surface area contributed by atoms with Crippen LogP contribution in [-0.4, -0.2) is 23.1 Å². The number of thiocarbonyl (C=S) groups is 1. The van der Waals surface area contributed by atoms with Crippen molar-refractivity contribution in [2.75, 3.05) is 12.4 Å². The topological polar surface area (TPSA) is 76.4 Å². The first-order valence-corrected chi connectivity index (χ1v) is 9.95. The van der Waals surface area contributed by atoms with Gasteiger partial charge in [-0.05, 0) is 54.7 Å². The minimum Gasteiger partial charge on any atom is -0.496 e. The van der Waals surface area contributed by atoms with E-state index in [2.05, 4.69) is 15.6 Å². The summed E-state index contributed by atoms with van der Waals surface area (Å²) in [5.74, 6) is -2.11. The van der Waals surface area contributed by atoms with Crippen molar-refractivity contribution < 1.29 is 22.7 Å². The molecule has 4 aromatic rings. The number of para-hydroxylation sites is 1. The number of benzene rings is 3. The molecule has 2 N–H and O–H groups in total. The average molecular weight is 474 g/mol. The standard InChI is InChI=1S/C22H14ClF2N3O3S/c1-30-18-5-3-2-4-12(18)20(29)28-22(32)26-11-6-7-19-17(8-11)27-21(31-19)13-9-15(24)16(25)10-14(13)23/h2-10H,1H3,(H2,26,28,29,32). The van der Waals surface area contributed by atoms with Crippen LogP contribution in [0.3, 0.4) is 0 Å². The largest absolute Gasteiger partial charge is 0.496 e. The summed E-state index contributed by atoms with van der Waals surface area (Å²) < 4.78 is 37.7. The Morgan fingerprint density at radius 2 is 1.88 bits per heavy atom. The minimum atomic E-state index is -1.06. The van der Waals surface area contributed by atoms with Crippen LogP contribution in [0.5, 0.6) is 5.75 Å². The van der Waals surface area contributed by atoms with Gasteiger partial charge in [0.1, 0.15) is 11.3 Å². The Kier molecular flexibility index (Phi) is 6.02. The fraction of sp³-hybridized carbons (Fsp3) is 0.0455. The average Bonchev–Trinajstić information content (AvgIpc) is 3.19. The maximum absolute atomic E-state index is 13.6. The summed E-state index contributed by atoms with van der Waals surface area (Å²) in [7, 11) is 1.47. The van der Waals surface area contributed by atoms with E-state index in [1.807, 2.05) is 0 Å². The quantitative estimate of drug-likeness (QED) is 0.298. The second-order valence-electron chi connectivity index (χ2n) is 6.56. The number of nitrogens with one attached hydrogen (secondary N) is 2.